The molecular formula is C20H15ClFN3O6. The first-order valence-corrected chi connectivity index (χ1v) is 9.42. The third-order valence-corrected chi connectivity index (χ3v) is 4.97. The molecule has 0 saturated heterocycles. The molecule has 0 N–H and O–H groups in total. The number of hydrogen-bond acceptors (Lipinski definition) is 7. The lowest BCUT2D eigenvalue weighted by Crippen LogP contribution is -2.15. The predicted molar refractivity (Wildman–Crippen MR) is 106 cm³/mol. The lowest BCUT2D eigenvalue weighted by molar-refractivity contribution is -0.385. The summed E-state index contributed by atoms with van der Waals surface area (Å²) in [6, 6.07) is 8.07. The van der Waals surface area contributed by atoms with Gasteiger partial charge in [0.05, 0.1) is 22.9 Å². The molecule has 3 aromatic rings. The van der Waals surface area contributed by atoms with E-state index in [9.17, 15) is 19.3 Å². The molecule has 1 aliphatic heterocycles. The zero-order valence-electron chi connectivity index (χ0n) is 16.1. The Kier molecular flexibility index (Phi) is 5.57. The third-order valence-electron chi connectivity index (χ3n) is 4.62. The summed E-state index contributed by atoms with van der Waals surface area (Å²) in [7, 11) is 0. The minimum absolute atomic E-state index is 0.000158. The Hall–Kier alpha value is -3.50. The molecule has 4 rings (SSSR count). The van der Waals surface area contributed by atoms with Crippen LogP contribution >= 0.6 is 11.6 Å². The van der Waals surface area contributed by atoms with E-state index in [1.807, 2.05) is 0 Å². The van der Waals surface area contributed by atoms with Crippen molar-refractivity contribution in [3.05, 3.63) is 79.9 Å². The molecule has 160 valence electrons. The second-order valence-corrected chi connectivity index (χ2v) is 7.03. The van der Waals surface area contributed by atoms with Gasteiger partial charge in [-0.25, -0.2) is 13.9 Å². The van der Waals surface area contributed by atoms with E-state index in [1.165, 1.54) is 41.1 Å². The van der Waals surface area contributed by atoms with E-state index in [1.54, 1.807) is 6.92 Å². The Morgan fingerprint density at radius 2 is 2.10 bits per heavy atom. The van der Waals surface area contributed by atoms with E-state index in [4.69, 9.17) is 25.8 Å². The van der Waals surface area contributed by atoms with Gasteiger partial charge in [-0.05, 0) is 31.2 Å². The van der Waals surface area contributed by atoms with E-state index in [0.29, 0.717) is 28.3 Å². The summed E-state index contributed by atoms with van der Waals surface area (Å²) in [4.78, 5) is 23.4. The van der Waals surface area contributed by atoms with Gasteiger partial charge in [0.25, 0.3) is 5.69 Å². The molecule has 0 bridgehead atoms. The number of hydrogen-bond donors (Lipinski definition) is 0. The van der Waals surface area contributed by atoms with Crippen molar-refractivity contribution in [3.63, 3.8) is 0 Å². The van der Waals surface area contributed by atoms with Crippen LogP contribution in [0.2, 0.25) is 5.15 Å². The molecule has 0 spiro atoms. The SMILES string of the molecule is Cc1nn(-c2ccc(F)cc2)c(Cl)c1C(=O)OCc1cc([N+](=O)[O-])cc2c1OCOC2. The number of rotatable bonds is 5. The van der Waals surface area contributed by atoms with Crippen molar-refractivity contribution in [3.8, 4) is 11.4 Å². The summed E-state index contributed by atoms with van der Waals surface area (Å²) in [5.74, 6) is -0.797. The summed E-state index contributed by atoms with van der Waals surface area (Å²) in [5.41, 5.74) is 1.47. The van der Waals surface area contributed by atoms with Crippen LogP contribution < -0.4 is 4.74 Å². The maximum absolute atomic E-state index is 13.2. The van der Waals surface area contributed by atoms with E-state index < -0.39 is 16.7 Å². The Morgan fingerprint density at radius 3 is 2.81 bits per heavy atom. The maximum Gasteiger partial charge on any atom is 0.343 e. The molecule has 9 nitrogen and oxygen atoms in total. The van der Waals surface area contributed by atoms with Gasteiger partial charge in [0.2, 0.25) is 0 Å². The second kappa shape index (κ2) is 8.32. The number of aromatic nitrogens is 2. The first kappa shape index (κ1) is 20.8. The van der Waals surface area contributed by atoms with Crippen molar-refractivity contribution in [2.24, 2.45) is 0 Å². The van der Waals surface area contributed by atoms with Crippen LogP contribution in [-0.4, -0.2) is 27.5 Å². The minimum Gasteiger partial charge on any atom is -0.467 e. The van der Waals surface area contributed by atoms with Crippen LogP contribution in [0, 0.1) is 22.9 Å². The van der Waals surface area contributed by atoms with Crippen LogP contribution in [0.3, 0.4) is 0 Å². The fourth-order valence-corrected chi connectivity index (χ4v) is 3.54. The molecule has 0 fully saturated rings. The number of aryl methyl sites for hydroxylation is 1. The van der Waals surface area contributed by atoms with Crippen LogP contribution in [0.25, 0.3) is 5.69 Å². The highest BCUT2D eigenvalue weighted by molar-refractivity contribution is 6.33. The Balaban J connectivity index is 1.59. The Bertz CT molecular complexity index is 1180. The standard InChI is InChI=1S/C20H15ClFN3O6/c1-11-17(19(21)24(23-11)15-4-2-14(22)3-5-15)20(26)30-9-13-7-16(25(27)28)6-12-8-29-10-31-18(12)13/h2-7H,8-10H2,1H3. The van der Waals surface area contributed by atoms with Gasteiger partial charge in [-0.3, -0.25) is 10.1 Å². The smallest absolute Gasteiger partial charge is 0.343 e. The van der Waals surface area contributed by atoms with Crippen molar-refractivity contribution >= 4 is 23.3 Å². The normalized spacial score (nSPS) is 12.7. The topological polar surface area (TPSA) is 106 Å². The zero-order valence-corrected chi connectivity index (χ0v) is 16.9. The third kappa shape index (κ3) is 4.07. The maximum atomic E-state index is 13.2. The van der Waals surface area contributed by atoms with Crippen LogP contribution in [0.1, 0.15) is 27.2 Å². The number of fused-ring (bicyclic) bond motifs is 1. The molecule has 2 heterocycles. The summed E-state index contributed by atoms with van der Waals surface area (Å²) < 4.78 is 30.4. The number of nitro benzene ring substituents is 1. The molecule has 31 heavy (non-hydrogen) atoms. The number of carbonyl (C=O) groups excluding carboxylic acids is 1. The predicted octanol–water partition coefficient (Wildman–Crippen LogP) is 4.10. The number of nitro groups is 1. The average molecular weight is 448 g/mol. The van der Waals surface area contributed by atoms with Gasteiger partial charge in [-0.15, -0.1) is 0 Å². The van der Waals surface area contributed by atoms with Crippen LogP contribution in [0.15, 0.2) is 36.4 Å². The van der Waals surface area contributed by atoms with Gasteiger partial charge in [0, 0.05) is 23.3 Å². The van der Waals surface area contributed by atoms with Gasteiger partial charge >= 0.3 is 5.97 Å². The number of carbonyl (C=O) groups is 1. The second-order valence-electron chi connectivity index (χ2n) is 6.68. The molecule has 0 atom stereocenters. The lowest BCUT2D eigenvalue weighted by atomic mass is 10.1. The molecule has 0 unspecified atom stereocenters. The number of esters is 1. The monoisotopic (exact) mass is 447 g/mol. The highest BCUT2D eigenvalue weighted by Gasteiger charge is 2.25. The van der Waals surface area contributed by atoms with Crippen molar-refractivity contribution in [1.29, 1.82) is 0 Å². The fraction of sp³-hybridized carbons (Fsp3) is 0.200. The van der Waals surface area contributed by atoms with E-state index in [2.05, 4.69) is 5.10 Å². The number of non-ortho nitro benzene ring substituents is 1. The van der Waals surface area contributed by atoms with Crippen molar-refractivity contribution in [2.75, 3.05) is 6.79 Å². The van der Waals surface area contributed by atoms with Gasteiger partial charge in [0.1, 0.15) is 28.9 Å². The average Bonchev–Trinajstić information content (AvgIpc) is 3.06. The van der Waals surface area contributed by atoms with Crippen LogP contribution in [0.5, 0.6) is 5.75 Å². The lowest BCUT2D eigenvalue weighted by Gasteiger charge is -2.20. The molecule has 2 aromatic carbocycles. The molecule has 1 aromatic heterocycles. The van der Waals surface area contributed by atoms with Crippen LogP contribution in [-0.2, 0) is 22.7 Å². The molecule has 0 aliphatic carbocycles. The highest BCUT2D eigenvalue weighted by atomic mass is 35.5. The number of nitrogens with zero attached hydrogens (tertiary/aromatic N) is 3. The first-order valence-electron chi connectivity index (χ1n) is 9.04. The molecule has 0 radical (unpaired) electrons. The molecule has 11 heteroatoms. The van der Waals surface area contributed by atoms with Gasteiger partial charge in [-0.2, -0.15) is 5.10 Å². The number of halogens is 2. The van der Waals surface area contributed by atoms with Crippen molar-refractivity contribution < 1.29 is 28.3 Å². The van der Waals surface area contributed by atoms with Gasteiger partial charge < -0.3 is 14.2 Å². The fourth-order valence-electron chi connectivity index (χ4n) is 3.19. The van der Waals surface area contributed by atoms with Crippen molar-refractivity contribution in [2.45, 2.75) is 20.1 Å². The summed E-state index contributed by atoms with van der Waals surface area (Å²) in [5, 5.41) is 15.4. The van der Waals surface area contributed by atoms with Crippen molar-refractivity contribution in [1.82, 2.24) is 9.78 Å². The quantitative estimate of drug-likeness (QED) is 0.329. The summed E-state index contributed by atoms with van der Waals surface area (Å²) in [6.45, 7) is 1.44. The van der Waals surface area contributed by atoms with E-state index in [-0.39, 0.29) is 36.4 Å². The van der Waals surface area contributed by atoms with Crippen LogP contribution in [0.4, 0.5) is 10.1 Å². The Labute approximate surface area is 180 Å². The molecule has 0 amide bonds. The molecular weight excluding hydrogens is 433 g/mol. The largest absolute Gasteiger partial charge is 0.467 e. The van der Waals surface area contributed by atoms with E-state index >= 15 is 0 Å². The number of benzene rings is 2. The Morgan fingerprint density at radius 1 is 1.35 bits per heavy atom. The highest BCUT2D eigenvalue weighted by Crippen LogP contribution is 2.33. The summed E-state index contributed by atoms with van der Waals surface area (Å²) >= 11 is 6.34. The van der Waals surface area contributed by atoms with E-state index in [0.717, 1.165) is 0 Å². The molecule has 0 saturated carbocycles. The van der Waals surface area contributed by atoms with Gasteiger partial charge in [-0.1, -0.05) is 11.6 Å². The first-order chi connectivity index (χ1) is 14.8. The summed E-state index contributed by atoms with van der Waals surface area (Å²) in [6.07, 6.45) is 0. The zero-order chi connectivity index (χ0) is 22.1. The van der Waals surface area contributed by atoms with Gasteiger partial charge in [0.15, 0.2) is 6.79 Å². The minimum atomic E-state index is -0.761. The molecule has 1 aliphatic rings. The number of ether oxygens (including phenoxy) is 3.